The number of benzene rings is 1. The standard InChI is InChI=1S/C11H13BrO3/c1-7(13)3-4-8-5-9(12)11(14)10(6-8)15-2/h5-6,14H,3-4H2,1-2H3. The molecule has 0 aliphatic rings. The predicted molar refractivity (Wildman–Crippen MR) is 61.4 cm³/mol. The average molecular weight is 273 g/mol. The van der Waals surface area contributed by atoms with Gasteiger partial charge in [0, 0.05) is 6.42 Å². The van der Waals surface area contributed by atoms with Gasteiger partial charge in [0.25, 0.3) is 0 Å². The first-order chi connectivity index (χ1) is 7.04. The number of Topliss-reactive ketones (excluding diaryl/α,β-unsaturated/α-hetero) is 1. The molecule has 15 heavy (non-hydrogen) atoms. The maximum Gasteiger partial charge on any atom is 0.172 e. The van der Waals surface area contributed by atoms with E-state index in [0.717, 1.165) is 5.56 Å². The van der Waals surface area contributed by atoms with Crippen molar-refractivity contribution in [1.82, 2.24) is 0 Å². The predicted octanol–water partition coefficient (Wildman–Crippen LogP) is 2.68. The van der Waals surface area contributed by atoms with E-state index in [1.54, 1.807) is 19.1 Å². The minimum Gasteiger partial charge on any atom is -0.503 e. The molecule has 0 fully saturated rings. The van der Waals surface area contributed by atoms with E-state index in [1.807, 2.05) is 0 Å². The van der Waals surface area contributed by atoms with Gasteiger partial charge in [-0.3, -0.25) is 0 Å². The van der Waals surface area contributed by atoms with Crippen molar-refractivity contribution in [1.29, 1.82) is 0 Å². The molecule has 3 nitrogen and oxygen atoms in total. The van der Waals surface area contributed by atoms with Gasteiger partial charge >= 0.3 is 0 Å². The maximum absolute atomic E-state index is 10.8. The second kappa shape index (κ2) is 5.16. The van der Waals surface area contributed by atoms with Gasteiger partial charge in [0.05, 0.1) is 11.6 Å². The van der Waals surface area contributed by atoms with E-state index in [-0.39, 0.29) is 11.5 Å². The van der Waals surface area contributed by atoms with Gasteiger partial charge in [-0.2, -0.15) is 0 Å². The van der Waals surface area contributed by atoms with Crippen LogP contribution >= 0.6 is 15.9 Å². The summed E-state index contributed by atoms with van der Waals surface area (Å²) >= 11 is 3.23. The summed E-state index contributed by atoms with van der Waals surface area (Å²) in [5.74, 6) is 0.658. The number of ketones is 1. The van der Waals surface area contributed by atoms with E-state index in [9.17, 15) is 9.90 Å². The molecule has 0 amide bonds. The fourth-order valence-corrected chi connectivity index (χ4v) is 1.74. The molecule has 4 heteroatoms. The molecule has 1 rings (SSSR count). The number of ether oxygens (including phenoxy) is 1. The first kappa shape index (κ1) is 12.0. The molecule has 0 spiro atoms. The lowest BCUT2D eigenvalue weighted by molar-refractivity contribution is -0.116. The van der Waals surface area contributed by atoms with Gasteiger partial charge in [-0.05, 0) is 47.0 Å². The summed E-state index contributed by atoms with van der Waals surface area (Å²) in [5, 5.41) is 9.56. The van der Waals surface area contributed by atoms with Gasteiger partial charge in [-0.25, -0.2) is 0 Å². The lowest BCUT2D eigenvalue weighted by atomic mass is 10.1. The zero-order chi connectivity index (χ0) is 11.4. The fourth-order valence-electron chi connectivity index (χ4n) is 1.25. The van der Waals surface area contributed by atoms with E-state index in [2.05, 4.69) is 15.9 Å². The smallest absolute Gasteiger partial charge is 0.172 e. The average Bonchev–Trinajstić information content (AvgIpc) is 2.19. The normalized spacial score (nSPS) is 10.1. The maximum atomic E-state index is 10.8. The highest BCUT2D eigenvalue weighted by atomic mass is 79.9. The van der Waals surface area contributed by atoms with E-state index in [1.165, 1.54) is 7.11 Å². The lowest BCUT2D eigenvalue weighted by Gasteiger charge is -2.08. The lowest BCUT2D eigenvalue weighted by Crippen LogP contribution is -1.95. The minimum atomic E-state index is 0.0871. The van der Waals surface area contributed by atoms with Crippen LogP contribution in [0, 0.1) is 0 Å². The molecule has 0 bridgehead atoms. The summed E-state index contributed by atoms with van der Waals surface area (Å²) in [6.07, 6.45) is 1.16. The van der Waals surface area contributed by atoms with Crippen LogP contribution < -0.4 is 4.74 Å². The van der Waals surface area contributed by atoms with Crippen LogP contribution in [0.3, 0.4) is 0 Å². The van der Waals surface area contributed by atoms with Crippen molar-refractivity contribution >= 4 is 21.7 Å². The fraction of sp³-hybridized carbons (Fsp3) is 0.364. The second-order valence-electron chi connectivity index (χ2n) is 3.33. The Labute approximate surface area is 97.2 Å². The van der Waals surface area contributed by atoms with Crippen molar-refractivity contribution in [3.63, 3.8) is 0 Å². The van der Waals surface area contributed by atoms with Crippen molar-refractivity contribution in [3.05, 3.63) is 22.2 Å². The molecule has 0 heterocycles. The van der Waals surface area contributed by atoms with Gasteiger partial charge in [0.15, 0.2) is 11.5 Å². The SMILES string of the molecule is COc1cc(CCC(C)=O)cc(Br)c1O. The Kier molecular flexibility index (Phi) is 4.15. The topological polar surface area (TPSA) is 46.5 Å². The molecule has 1 N–H and O–H groups in total. The number of hydrogen-bond donors (Lipinski definition) is 1. The highest BCUT2D eigenvalue weighted by Crippen LogP contribution is 2.35. The van der Waals surface area contributed by atoms with E-state index in [4.69, 9.17) is 4.74 Å². The zero-order valence-corrected chi connectivity index (χ0v) is 10.3. The quantitative estimate of drug-likeness (QED) is 0.917. The Hall–Kier alpha value is -1.03. The molecule has 0 atom stereocenters. The number of halogens is 1. The number of aromatic hydroxyl groups is 1. The second-order valence-corrected chi connectivity index (χ2v) is 4.18. The van der Waals surface area contributed by atoms with Crippen molar-refractivity contribution in [2.24, 2.45) is 0 Å². The van der Waals surface area contributed by atoms with Gasteiger partial charge in [-0.1, -0.05) is 0 Å². The largest absolute Gasteiger partial charge is 0.503 e. The number of hydrogen-bond acceptors (Lipinski definition) is 3. The highest BCUT2D eigenvalue weighted by Gasteiger charge is 2.08. The molecule has 0 radical (unpaired) electrons. The molecule has 0 aliphatic carbocycles. The molecule has 1 aromatic carbocycles. The molecule has 0 aliphatic heterocycles. The number of carbonyl (C=O) groups is 1. The van der Waals surface area contributed by atoms with Gasteiger partial charge in [-0.15, -0.1) is 0 Å². The van der Waals surface area contributed by atoms with Crippen molar-refractivity contribution in [2.45, 2.75) is 19.8 Å². The first-order valence-corrected chi connectivity index (χ1v) is 5.38. The van der Waals surface area contributed by atoms with Crippen LogP contribution in [0.1, 0.15) is 18.9 Å². The van der Waals surface area contributed by atoms with Crippen molar-refractivity contribution < 1.29 is 14.6 Å². The van der Waals surface area contributed by atoms with E-state index < -0.39 is 0 Å². The third kappa shape index (κ3) is 3.23. The number of phenolic OH excluding ortho intramolecular Hbond substituents is 1. The van der Waals surface area contributed by atoms with Crippen LogP contribution in [0.5, 0.6) is 11.5 Å². The third-order valence-electron chi connectivity index (χ3n) is 2.07. The Balaban J connectivity index is 2.90. The summed E-state index contributed by atoms with van der Waals surface area (Å²) in [4.78, 5) is 10.8. The van der Waals surface area contributed by atoms with Crippen molar-refractivity contribution in [3.8, 4) is 11.5 Å². The molecular weight excluding hydrogens is 260 g/mol. The number of phenols is 1. The van der Waals surface area contributed by atoms with E-state index >= 15 is 0 Å². The van der Waals surface area contributed by atoms with Crippen LogP contribution in [0.4, 0.5) is 0 Å². The van der Waals surface area contributed by atoms with Gasteiger partial charge in [0.2, 0.25) is 0 Å². The van der Waals surface area contributed by atoms with Crippen LogP contribution in [0.15, 0.2) is 16.6 Å². The summed E-state index contributed by atoms with van der Waals surface area (Å²) < 4.78 is 5.59. The number of rotatable bonds is 4. The molecule has 0 aromatic heterocycles. The zero-order valence-electron chi connectivity index (χ0n) is 8.71. The summed E-state index contributed by atoms with van der Waals surface area (Å²) in [6.45, 7) is 1.56. The number of aryl methyl sites for hydroxylation is 1. The Morgan fingerprint density at radius 3 is 2.73 bits per heavy atom. The van der Waals surface area contributed by atoms with Crippen LogP contribution in [-0.2, 0) is 11.2 Å². The first-order valence-electron chi connectivity index (χ1n) is 4.59. The summed E-state index contributed by atoms with van der Waals surface area (Å²) in [6, 6.07) is 3.53. The Morgan fingerprint density at radius 1 is 1.53 bits per heavy atom. The van der Waals surface area contributed by atoms with Crippen LogP contribution in [0.2, 0.25) is 0 Å². The Morgan fingerprint density at radius 2 is 2.20 bits per heavy atom. The summed E-state index contributed by atoms with van der Waals surface area (Å²) in [7, 11) is 1.50. The molecule has 1 aromatic rings. The molecular formula is C11H13BrO3. The Bertz CT molecular complexity index is 374. The van der Waals surface area contributed by atoms with Gasteiger partial charge in [0.1, 0.15) is 5.78 Å². The molecule has 0 saturated carbocycles. The van der Waals surface area contributed by atoms with Gasteiger partial charge < -0.3 is 14.6 Å². The molecule has 82 valence electrons. The number of methoxy groups -OCH3 is 1. The number of carbonyl (C=O) groups excluding carboxylic acids is 1. The highest BCUT2D eigenvalue weighted by molar-refractivity contribution is 9.10. The molecule has 0 unspecified atom stereocenters. The monoisotopic (exact) mass is 272 g/mol. The van der Waals surface area contributed by atoms with E-state index in [0.29, 0.717) is 23.1 Å². The molecule has 0 saturated heterocycles. The summed E-state index contributed by atoms with van der Waals surface area (Å²) in [5.41, 5.74) is 0.965. The van der Waals surface area contributed by atoms with Crippen LogP contribution in [0.25, 0.3) is 0 Å². The minimum absolute atomic E-state index is 0.0871. The third-order valence-corrected chi connectivity index (χ3v) is 2.68. The van der Waals surface area contributed by atoms with Crippen molar-refractivity contribution in [2.75, 3.05) is 7.11 Å². The van der Waals surface area contributed by atoms with Crippen LogP contribution in [-0.4, -0.2) is 18.0 Å².